The number of nitrogens with zero attached hydrogens (tertiary/aromatic N) is 2. The van der Waals surface area contributed by atoms with E-state index in [9.17, 15) is 18.0 Å². The van der Waals surface area contributed by atoms with Gasteiger partial charge in [0.2, 0.25) is 11.8 Å². The molecule has 0 fully saturated rings. The standard InChI is InChI=1S/C31H38ClN3O7S/c1-21(30(37)33-31(2,3)4)34(19-22-9-8-10-25(17-22)40-5)29(36)20-35(24-13-11-23(32)12-14-24)43(38,39)26-15-16-27(41-6)28(18-26)42-7/h8-18,21H,19-20H2,1-7H3,(H,33,37). The maximum Gasteiger partial charge on any atom is 0.264 e. The van der Waals surface area contributed by atoms with E-state index in [1.54, 1.807) is 31.2 Å². The molecule has 0 spiro atoms. The third-order valence-electron chi connectivity index (χ3n) is 6.49. The Morgan fingerprint density at radius 3 is 2.14 bits per heavy atom. The first-order valence-electron chi connectivity index (χ1n) is 13.4. The number of anilines is 1. The molecule has 0 saturated carbocycles. The van der Waals surface area contributed by atoms with E-state index in [1.165, 1.54) is 68.7 Å². The van der Waals surface area contributed by atoms with E-state index >= 15 is 0 Å². The third-order valence-corrected chi connectivity index (χ3v) is 8.51. The highest BCUT2D eigenvalue weighted by molar-refractivity contribution is 7.92. The van der Waals surface area contributed by atoms with E-state index in [-0.39, 0.29) is 28.8 Å². The second kappa shape index (κ2) is 14.0. The molecular weight excluding hydrogens is 594 g/mol. The number of hydrogen-bond donors (Lipinski definition) is 1. The monoisotopic (exact) mass is 631 g/mol. The average Bonchev–Trinajstić information content (AvgIpc) is 2.97. The van der Waals surface area contributed by atoms with Crippen LogP contribution in [0.4, 0.5) is 5.69 Å². The lowest BCUT2D eigenvalue weighted by molar-refractivity contribution is -0.140. The molecule has 43 heavy (non-hydrogen) atoms. The lowest BCUT2D eigenvalue weighted by atomic mass is 10.1. The van der Waals surface area contributed by atoms with Crippen LogP contribution in [0, 0.1) is 0 Å². The van der Waals surface area contributed by atoms with E-state index in [0.29, 0.717) is 22.1 Å². The maximum absolute atomic E-state index is 14.1. The summed E-state index contributed by atoms with van der Waals surface area (Å²) in [6, 6.07) is 16.4. The Labute approximate surface area is 258 Å². The second-order valence-electron chi connectivity index (χ2n) is 10.8. The SMILES string of the molecule is COc1cccc(CN(C(=O)CN(c2ccc(Cl)cc2)S(=O)(=O)c2ccc(OC)c(OC)c2)C(C)C(=O)NC(C)(C)C)c1. The molecular formula is C31H38ClN3O7S. The van der Waals surface area contributed by atoms with Crippen LogP contribution in [0.1, 0.15) is 33.3 Å². The summed E-state index contributed by atoms with van der Waals surface area (Å²) in [7, 11) is 0.0485. The van der Waals surface area contributed by atoms with Gasteiger partial charge in [-0.15, -0.1) is 0 Å². The van der Waals surface area contributed by atoms with Crippen LogP contribution >= 0.6 is 11.6 Å². The fourth-order valence-electron chi connectivity index (χ4n) is 4.26. The van der Waals surface area contributed by atoms with Gasteiger partial charge in [0.25, 0.3) is 10.0 Å². The summed E-state index contributed by atoms with van der Waals surface area (Å²) < 4.78 is 45.1. The minimum Gasteiger partial charge on any atom is -0.497 e. The molecule has 0 aliphatic heterocycles. The summed E-state index contributed by atoms with van der Waals surface area (Å²) in [6.45, 7) is 6.54. The first-order chi connectivity index (χ1) is 20.2. The zero-order valence-corrected chi connectivity index (χ0v) is 27.0. The van der Waals surface area contributed by atoms with Gasteiger partial charge in [0, 0.05) is 23.2 Å². The summed E-state index contributed by atoms with van der Waals surface area (Å²) in [6.07, 6.45) is 0. The number of halogens is 1. The molecule has 2 amide bonds. The fourth-order valence-corrected chi connectivity index (χ4v) is 5.82. The summed E-state index contributed by atoms with van der Waals surface area (Å²) >= 11 is 6.09. The van der Waals surface area contributed by atoms with Crippen LogP contribution < -0.4 is 23.8 Å². The van der Waals surface area contributed by atoms with Crippen LogP contribution in [0.25, 0.3) is 0 Å². The van der Waals surface area contributed by atoms with Crippen molar-refractivity contribution in [1.82, 2.24) is 10.2 Å². The number of methoxy groups -OCH3 is 3. The van der Waals surface area contributed by atoms with Gasteiger partial charge < -0.3 is 24.4 Å². The molecule has 1 N–H and O–H groups in total. The van der Waals surface area contributed by atoms with E-state index < -0.39 is 34.1 Å². The van der Waals surface area contributed by atoms with Crippen molar-refractivity contribution < 1.29 is 32.2 Å². The molecule has 0 aromatic heterocycles. The predicted molar refractivity (Wildman–Crippen MR) is 166 cm³/mol. The summed E-state index contributed by atoms with van der Waals surface area (Å²) in [4.78, 5) is 28.6. The van der Waals surface area contributed by atoms with E-state index in [1.807, 2.05) is 20.8 Å². The summed E-state index contributed by atoms with van der Waals surface area (Å²) in [5.74, 6) is 0.148. The number of hydrogen-bond acceptors (Lipinski definition) is 7. The Hall–Kier alpha value is -3.96. The number of carbonyl (C=O) groups is 2. The molecule has 10 nitrogen and oxygen atoms in total. The van der Waals surface area contributed by atoms with Gasteiger partial charge in [-0.1, -0.05) is 23.7 Å². The van der Waals surface area contributed by atoms with E-state index in [4.69, 9.17) is 25.8 Å². The number of nitrogens with one attached hydrogen (secondary N) is 1. The lowest BCUT2D eigenvalue weighted by Crippen LogP contribution is -2.54. The number of carbonyl (C=O) groups excluding carboxylic acids is 2. The van der Waals surface area contributed by atoms with Gasteiger partial charge in [0.05, 0.1) is 31.9 Å². The van der Waals surface area contributed by atoms with Crippen molar-refractivity contribution in [3.8, 4) is 17.2 Å². The molecule has 1 unspecified atom stereocenters. The van der Waals surface area contributed by atoms with Gasteiger partial charge in [-0.3, -0.25) is 13.9 Å². The highest BCUT2D eigenvalue weighted by Gasteiger charge is 2.34. The van der Waals surface area contributed by atoms with Crippen molar-refractivity contribution in [3.63, 3.8) is 0 Å². The van der Waals surface area contributed by atoms with Crippen LogP contribution in [0.15, 0.2) is 71.6 Å². The Morgan fingerprint density at radius 2 is 1.56 bits per heavy atom. The molecule has 3 aromatic carbocycles. The smallest absolute Gasteiger partial charge is 0.264 e. The first kappa shape index (κ1) is 33.5. The van der Waals surface area contributed by atoms with Crippen molar-refractivity contribution >= 4 is 39.1 Å². The Morgan fingerprint density at radius 1 is 0.907 bits per heavy atom. The molecule has 232 valence electrons. The van der Waals surface area contributed by atoms with Crippen molar-refractivity contribution in [2.45, 2.75) is 50.7 Å². The van der Waals surface area contributed by atoms with Crippen LogP contribution in [0.3, 0.4) is 0 Å². The maximum atomic E-state index is 14.1. The highest BCUT2D eigenvalue weighted by Crippen LogP contribution is 2.33. The van der Waals surface area contributed by atoms with Gasteiger partial charge in [-0.05, 0) is 81.8 Å². The normalized spacial score (nSPS) is 12.2. The van der Waals surface area contributed by atoms with Crippen molar-refractivity contribution in [1.29, 1.82) is 0 Å². The van der Waals surface area contributed by atoms with Crippen molar-refractivity contribution in [2.75, 3.05) is 32.2 Å². The number of amides is 2. The lowest BCUT2D eigenvalue weighted by Gasteiger charge is -2.33. The molecule has 3 aromatic rings. The predicted octanol–water partition coefficient (Wildman–Crippen LogP) is 4.89. The van der Waals surface area contributed by atoms with Crippen molar-refractivity contribution in [2.24, 2.45) is 0 Å². The third kappa shape index (κ3) is 8.55. The number of rotatable bonds is 12. The zero-order chi connectivity index (χ0) is 31.9. The second-order valence-corrected chi connectivity index (χ2v) is 13.1. The largest absolute Gasteiger partial charge is 0.497 e. The molecule has 0 aliphatic rings. The molecule has 3 rings (SSSR count). The van der Waals surface area contributed by atoms with Gasteiger partial charge in [0.15, 0.2) is 11.5 Å². The minimum atomic E-state index is -4.32. The van der Waals surface area contributed by atoms with Gasteiger partial charge >= 0.3 is 0 Å². The van der Waals surface area contributed by atoms with Crippen LogP contribution in [-0.2, 0) is 26.2 Å². The fraction of sp³-hybridized carbons (Fsp3) is 0.355. The zero-order valence-electron chi connectivity index (χ0n) is 25.4. The van der Waals surface area contributed by atoms with Gasteiger partial charge in [0.1, 0.15) is 18.3 Å². The Balaban J connectivity index is 2.08. The molecule has 12 heteroatoms. The van der Waals surface area contributed by atoms with Crippen LogP contribution in [0.5, 0.6) is 17.2 Å². The van der Waals surface area contributed by atoms with E-state index in [2.05, 4.69) is 5.32 Å². The molecule has 0 bridgehead atoms. The minimum absolute atomic E-state index is 0.0274. The topological polar surface area (TPSA) is 114 Å². The number of benzene rings is 3. The number of sulfonamides is 1. The Kier molecular flexibility index (Phi) is 10.9. The van der Waals surface area contributed by atoms with Gasteiger partial charge in [-0.2, -0.15) is 0 Å². The average molecular weight is 632 g/mol. The summed E-state index contributed by atoms with van der Waals surface area (Å²) in [5.41, 5.74) is 0.354. The molecule has 0 radical (unpaired) electrons. The quantitative estimate of drug-likeness (QED) is 0.303. The molecule has 0 heterocycles. The van der Waals surface area contributed by atoms with Crippen LogP contribution in [-0.4, -0.2) is 64.6 Å². The first-order valence-corrected chi connectivity index (χ1v) is 15.3. The number of ether oxygens (including phenoxy) is 3. The van der Waals surface area contributed by atoms with Crippen LogP contribution in [0.2, 0.25) is 5.02 Å². The summed E-state index contributed by atoms with van der Waals surface area (Å²) in [5, 5.41) is 3.30. The van der Waals surface area contributed by atoms with Crippen molar-refractivity contribution in [3.05, 3.63) is 77.3 Å². The molecule has 0 aliphatic carbocycles. The molecule has 0 saturated heterocycles. The van der Waals surface area contributed by atoms with Gasteiger partial charge in [-0.25, -0.2) is 8.42 Å². The Bertz CT molecular complexity index is 1540. The molecule has 1 atom stereocenters. The van der Waals surface area contributed by atoms with E-state index in [0.717, 1.165) is 4.31 Å². The highest BCUT2D eigenvalue weighted by atomic mass is 35.5.